The second-order valence-electron chi connectivity index (χ2n) is 5.32. The largest absolute Gasteiger partial charge is 0.573 e. The second kappa shape index (κ2) is 8.02. The first kappa shape index (κ1) is 18.8. The third-order valence-corrected chi connectivity index (χ3v) is 3.39. The van der Waals surface area contributed by atoms with Gasteiger partial charge in [0.25, 0.3) is 0 Å². The monoisotopic (exact) mass is 353 g/mol. The van der Waals surface area contributed by atoms with Gasteiger partial charge < -0.3 is 15.2 Å². The molecular formula is C18H18F3NO3. The summed E-state index contributed by atoms with van der Waals surface area (Å²) in [6.07, 6.45) is -4.96. The van der Waals surface area contributed by atoms with Crippen molar-refractivity contribution < 1.29 is 27.4 Å². The first-order chi connectivity index (χ1) is 11.8. The minimum atomic E-state index is -4.82. The van der Waals surface area contributed by atoms with Gasteiger partial charge in [0.1, 0.15) is 5.75 Å². The van der Waals surface area contributed by atoms with Gasteiger partial charge in [0.05, 0.1) is 13.0 Å². The summed E-state index contributed by atoms with van der Waals surface area (Å²) < 4.78 is 46.6. The summed E-state index contributed by atoms with van der Waals surface area (Å²) >= 11 is 0. The van der Waals surface area contributed by atoms with Gasteiger partial charge in [-0.05, 0) is 41.8 Å². The predicted octanol–water partition coefficient (Wildman–Crippen LogP) is 4.21. The number of benzene rings is 2. The molecular weight excluding hydrogens is 335 g/mol. The van der Waals surface area contributed by atoms with Crippen LogP contribution in [-0.4, -0.2) is 18.9 Å². The number of ether oxygens (including phenoxy) is 2. The number of hydrogen-bond acceptors (Lipinski definition) is 4. The molecule has 25 heavy (non-hydrogen) atoms. The Labute approximate surface area is 143 Å². The first-order valence-electron chi connectivity index (χ1n) is 7.66. The SMILES string of the molecule is CCOC(=O)C[C@H](N)c1cc(OC(F)(F)F)cc(-c2ccccc2)c1. The maximum Gasteiger partial charge on any atom is 0.573 e. The molecule has 134 valence electrons. The van der Waals surface area contributed by atoms with E-state index in [2.05, 4.69) is 4.74 Å². The Hall–Kier alpha value is -2.54. The highest BCUT2D eigenvalue weighted by atomic mass is 19.4. The molecule has 0 saturated carbocycles. The minimum Gasteiger partial charge on any atom is -0.466 e. The van der Waals surface area contributed by atoms with Gasteiger partial charge in [-0.2, -0.15) is 0 Å². The van der Waals surface area contributed by atoms with Gasteiger partial charge >= 0.3 is 12.3 Å². The van der Waals surface area contributed by atoms with E-state index in [0.29, 0.717) is 16.7 Å². The molecule has 4 nitrogen and oxygen atoms in total. The maximum atomic E-state index is 12.6. The third-order valence-electron chi connectivity index (χ3n) is 3.39. The molecule has 7 heteroatoms. The lowest BCUT2D eigenvalue weighted by molar-refractivity contribution is -0.274. The van der Waals surface area contributed by atoms with E-state index in [1.54, 1.807) is 43.3 Å². The van der Waals surface area contributed by atoms with Crippen molar-refractivity contribution in [2.24, 2.45) is 5.73 Å². The predicted molar refractivity (Wildman–Crippen MR) is 86.7 cm³/mol. The van der Waals surface area contributed by atoms with E-state index in [4.69, 9.17) is 10.5 Å². The average molecular weight is 353 g/mol. The number of halogens is 3. The van der Waals surface area contributed by atoms with E-state index >= 15 is 0 Å². The molecule has 0 aliphatic rings. The maximum absolute atomic E-state index is 12.6. The Bertz CT molecular complexity index is 717. The highest BCUT2D eigenvalue weighted by molar-refractivity contribution is 5.71. The topological polar surface area (TPSA) is 61.5 Å². The quantitative estimate of drug-likeness (QED) is 0.791. The molecule has 0 spiro atoms. The molecule has 2 N–H and O–H groups in total. The van der Waals surface area contributed by atoms with Crippen LogP contribution in [-0.2, 0) is 9.53 Å². The minimum absolute atomic E-state index is 0.141. The van der Waals surface area contributed by atoms with Crippen molar-refractivity contribution in [1.82, 2.24) is 0 Å². The zero-order chi connectivity index (χ0) is 18.4. The number of alkyl halides is 3. The van der Waals surface area contributed by atoms with E-state index < -0.39 is 18.4 Å². The summed E-state index contributed by atoms with van der Waals surface area (Å²) in [5.74, 6) is -0.901. The summed E-state index contributed by atoms with van der Waals surface area (Å²) in [5, 5.41) is 0. The van der Waals surface area contributed by atoms with E-state index in [0.717, 1.165) is 0 Å². The lowest BCUT2D eigenvalue weighted by atomic mass is 9.98. The fraction of sp³-hybridized carbons (Fsp3) is 0.278. The molecule has 0 bridgehead atoms. The van der Waals surface area contributed by atoms with Gasteiger partial charge in [-0.3, -0.25) is 4.79 Å². The summed E-state index contributed by atoms with van der Waals surface area (Å²) in [6, 6.07) is 12.2. The number of rotatable bonds is 6. The lowest BCUT2D eigenvalue weighted by Gasteiger charge is -2.16. The van der Waals surface area contributed by atoms with E-state index in [1.165, 1.54) is 12.1 Å². The highest BCUT2D eigenvalue weighted by Crippen LogP contribution is 2.32. The van der Waals surface area contributed by atoms with E-state index in [9.17, 15) is 18.0 Å². The first-order valence-corrected chi connectivity index (χ1v) is 7.66. The summed E-state index contributed by atoms with van der Waals surface area (Å²) in [4.78, 5) is 11.6. The van der Waals surface area contributed by atoms with Crippen LogP contribution in [0.5, 0.6) is 5.75 Å². The molecule has 2 aromatic rings. The molecule has 0 aliphatic carbocycles. The molecule has 0 amide bonds. The molecule has 0 aliphatic heterocycles. The van der Waals surface area contributed by atoms with Gasteiger partial charge in [0.15, 0.2) is 0 Å². The van der Waals surface area contributed by atoms with Crippen LogP contribution >= 0.6 is 0 Å². The molecule has 0 heterocycles. The molecule has 1 atom stereocenters. The summed E-state index contributed by atoms with van der Waals surface area (Å²) in [7, 11) is 0. The van der Waals surface area contributed by atoms with Crippen LogP contribution in [0.3, 0.4) is 0 Å². The Morgan fingerprint density at radius 2 is 1.80 bits per heavy atom. The third kappa shape index (κ3) is 5.79. The van der Waals surface area contributed by atoms with Crippen LogP contribution in [0.2, 0.25) is 0 Å². The van der Waals surface area contributed by atoms with Crippen molar-refractivity contribution in [3.8, 4) is 16.9 Å². The Kier molecular flexibility index (Phi) is 6.03. The fourth-order valence-electron chi connectivity index (χ4n) is 2.34. The number of hydrogen-bond donors (Lipinski definition) is 1. The smallest absolute Gasteiger partial charge is 0.466 e. The van der Waals surface area contributed by atoms with Crippen LogP contribution in [0.25, 0.3) is 11.1 Å². The van der Waals surface area contributed by atoms with Crippen molar-refractivity contribution >= 4 is 5.97 Å². The van der Waals surface area contributed by atoms with E-state index in [1.807, 2.05) is 0 Å². The summed E-state index contributed by atoms with van der Waals surface area (Å²) in [6.45, 7) is 1.87. The van der Waals surface area contributed by atoms with Gasteiger partial charge in [-0.15, -0.1) is 13.2 Å². The fourth-order valence-corrected chi connectivity index (χ4v) is 2.34. The van der Waals surface area contributed by atoms with Crippen molar-refractivity contribution in [2.45, 2.75) is 25.7 Å². The normalized spacial score (nSPS) is 12.5. The second-order valence-corrected chi connectivity index (χ2v) is 5.32. The molecule has 2 rings (SSSR count). The molecule has 0 fully saturated rings. The Morgan fingerprint density at radius 1 is 1.12 bits per heavy atom. The lowest BCUT2D eigenvalue weighted by Crippen LogP contribution is -2.19. The van der Waals surface area contributed by atoms with Gasteiger partial charge in [0, 0.05) is 6.04 Å². The molecule has 0 unspecified atom stereocenters. The Morgan fingerprint density at radius 3 is 2.40 bits per heavy atom. The van der Waals surface area contributed by atoms with Gasteiger partial charge in [0.2, 0.25) is 0 Å². The highest BCUT2D eigenvalue weighted by Gasteiger charge is 2.31. The van der Waals surface area contributed by atoms with Crippen LogP contribution in [0, 0.1) is 0 Å². The zero-order valence-corrected chi connectivity index (χ0v) is 13.5. The Balaban J connectivity index is 2.37. The molecule has 0 saturated heterocycles. The standard InChI is InChI=1S/C18H18F3NO3/c1-2-24-17(23)11-16(22)14-8-13(12-6-4-3-5-7-12)9-15(10-14)25-18(19,20)21/h3-10,16H,2,11,22H2,1H3/t16-/m0/s1. The van der Waals surface area contributed by atoms with Crippen LogP contribution in [0.4, 0.5) is 13.2 Å². The van der Waals surface area contributed by atoms with Crippen LogP contribution in [0.15, 0.2) is 48.5 Å². The van der Waals surface area contributed by atoms with Gasteiger partial charge in [-0.25, -0.2) is 0 Å². The molecule has 0 radical (unpaired) electrons. The van der Waals surface area contributed by atoms with Crippen molar-refractivity contribution in [3.05, 3.63) is 54.1 Å². The van der Waals surface area contributed by atoms with Gasteiger partial charge in [-0.1, -0.05) is 30.3 Å². The van der Waals surface area contributed by atoms with Crippen LogP contribution < -0.4 is 10.5 Å². The number of carbonyl (C=O) groups is 1. The molecule has 0 aromatic heterocycles. The summed E-state index contributed by atoms with van der Waals surface area (Å²) in [5.41, 5.74) is 7.54. The van der Waals surface area contributed by atoms with Crippen molar-refractivity contribution in [2.75, 3.05) is 6.61 Å². The van der Waals surface area contributed by atoms with Crippen LogP contribution in [0.1, 0.15) is 24.9 Å². The molecule has 2 aromatic carbocycles. The number of nitrogens with two attached hydrogens (primary N) is 1. The van der Waals surface area contributed by atoms with E-state index in [-0.39, 0.29) is 18.8 Å². The average Bonchev–Trinajstić information content (AvgIpc) is 2.54. The zero-order valence-electron chi connectivity index (χ0n) is 13.5. The van der Waals surface area contributed by atoms with Crippen molar-refractivity contribution in [3.63, 3.8) is 0 Å². The number of carbonyl (C=O) groups excluding carboxylic acids is 1. The number of esters is 1. The van der Waals surface area contributed by atoms with Crippen molar-refractivity contribution in [1.29, 1.82) is 0 Å².